The van der Waals surface area contributed by atoms with Gasteiger partial charge in [0, 0.05) is 30.4 Å². The number of carbonyl (C=O) groups is 2. The number of ether oxygens (including phenoxy) is 1. The first kappa shape index (κ1) is 35.9. The van der Waals surface area contributed by atoms with E-state index in [-0.39, 0.29) is 48.2 Å². The van der Waals surface area contributed by atoms with Gasteiger partial charge in [0.25, 0.3) is 0 Å². The molecule has 0 radical (unpaired) electrons. The molecule has 1 aliphatic carbocycles. The van der Waals surface area contributed by atoms with Gasteiger partial charge in [0.1, 0.15) is 24.0 Å². The highest BCUT2D eigenvalue weighted by atomic mass is 32.2. The van der Waals surface area contributed by atoms with Gasteiger partial charge in [0.2, 0.25) is 21.7 Å². The highest BCUT2D eigenvalue weighted by Crippen LogP contribution is 2.36. The molecule has 4 aromatic rings. The van der Waals surface area contributed by atoms with Gasteiger partial charge in [-0.05, 0) is 37.0 Å². The van der Waals surface area contributed by atoms with Crippen LogP contribution in [0.25, 0.3) is 0 Å². The van der Waals surface area contributed by atoms with Crippen LogP contribution in [0.15, 0.2) is 65.8 Å². The summed E-state index contributed by atoms with van der Waals surface area (Å²) < 4.78 is 104. The largest absolute Gasteiger partial charge is 0.488 e. The molecule has 6 rings (SSSR count). The van der Waals surface area contributed by atoms with Crippen LogP contribution >= 0.6 is 0 Å². The average molecular weight is 731 g/mol. The summed E-state index contributed by atoms with van der Waals surface area (Å²) in [4.78, 5) is 34.3. The van der Waals surface area contributed by atoms with Crippen molar-refractivity contribution >= 4 is 27.6 Å². The zero-order chi connectivity index (χ0) is 36.4. The predicted molar refractivity (Wildman–Crippen MR) is 172 cm³/mol. The number of nitrogens with zero attached hydrogens (tertiary/aromatic N) is 4. The molecule has 1 amide bonds. The molecule has 51 heavy (non-hydrogen) atoms. The fraction of sp³-hybridized carbons (Fsp3) is 0.314. The Hall–Kier alpha value is -4.96. The maximum Gasteiger partial charge on any atom is 0.339 e. The topological polar surface area (TPSA) is 130 Å². The highest BCUT2D eigenvalue weighted by molar-refractivity contribution is 7.89. The summed E-state index contributed by atoms with van der Waals surface area (Å²) in [7, 11) is -5.43. The minimum atomic E-state index is -5.43. The summed E-state index contributed by atoms with van der Waals surface area (Å²) >= 11 is 0. The third kappa shape index (κ3) is 7.15. The van der Waals surface area contributed by atoms with Gasteiger partial charge in [-0.25, -0.2) is 35.2 Å². The van der Waals surface area contributed by atoms with Gasteiger partial charge >= 0.3 is 5.97 Å². The first-order chi connectivity index (χ1) is 24.4. The Bertz CT molecular complexity index is 2040. The number of sulfonamides is 1. The van der Waals surface area contributed by atoms with E-state index in [4.69, 9.17) is 4.74 Å². The Balaban J connectivity index is 1.36. The Kier molecular flexibility index (Phi) is 10.3. The second-order valence-corrected chi connectivity index (χ2v) is 14.1. The second kappa shape index (κ2) is 14.7. The van der Waals surface area contributed by atoms with Crippen molar-refractivity contribution in [2.45, 2.75) is 68.5 Å². The molecule has 1 saturated carbocycles. The number of hydrogen-bond donors (Lipinski definition) is 1. The summed E-state index contributed by atoms with van der Waals surface area (Å²) in [5, 5.41) is 9.85. The van der Waals surface area contributed by atoms with Crippen molar-refractivity contribution in [2.75, 3.05) is 11.4 Å². The van der Waals surface area contributed by atoms with E-state index in [1.165, 1.54) is 24.4 Å². The number of aromatic nitrogens is 2. The molecule has 2 aliphatic rings. The number of carboxylic acids is 1. The number of carbonyl (C=O) groups excluding carboxylic acids is 1. The molecule has 16 heteroatoms. The minimum Gasteiger partial charge on any atom is -0.488 e. The number of amides is 1. The number of rotatable bonds is 11. The van der Waals surface area contributed by atoms with E-state index < -0.39 is 68.5 Å². The van der Waals surface area contributed by atoms with E-state index >= 15 is 0 Å². The zero-order valence-electron chi connectivity index (χ0n) is 26.9. The van der Waals surface area contributed by atoms with E-state index in [0.29, 0.717) is 9.87 Å². The average Bonchev–Trinajstić information content (AvgIpc) is 3.11. The first-order valence-electron chi connectivity index (χ1n) is 16.1. The van der Waals surface area contributed by atoms with Gasteiger partial charge in [-0.15, -0.1) is 0 Å². The molecule has 0 unspecified atom stereocenters. The SMILES string of the molecule is O=C(O)c1ccc(N(Cc2cnc(C3CCCCC3)cn2)C(=O)[C@H]2CCN2S(=O)(=O)c2c(F)c(F)c(F)c(F)c2F)cc1OCc1ccccc1. The van der Waals surface area contributed by atoms with Crippen LogP contribution in [0.2, 0.25) is 0 Å². The number of halogens is 5. The lowest BCUT2D eigenvalue weighted by Crippen LogP contribution is -2.59. The summed E-state index contributed by atoms with van der Waals surface area (Å²) in [6.07, 6.45) is 8.05. The monoisotopic (exact) mass is 730 g/mol. The van der Waals surface area contributed by atoms with Crippen molar-refractivity contribution in [2.24, 2.45) is 0 Å². The Labute approximate surface area is 289 Å². The summed E-state index contributed by atoms with van der Waals surface area (Å²) in [6.45, 7) is -0.817. The molecule has 1 saturated heterocycles. The van der Waals surface area contributed by atoms with E-state index in [1.54, 1.807) is 36.5 Å². The van der Waals surface area contributed by atoms with Crippen molar-refractivity contribution in [3.05, 3.63) is 113 Å². The standard InChI is InChI=1S/C35H31F5N4O6S/c36-28-29(37)31(39)33(32(40)30(28)38)51(48,49)44-14-13-26(44)34(45)43(18-22-16-42-25(17-41-22)21-9-5-2-6-10-21)23-11-12-24(35(46)47)27(15-23)50-19-20-7-3-1-4-8-20/h1,3-4,7-8,11-12,15-17,21,26H,2,5-6,9-10,13-14,18-19H2,(H,46,47)/t26-/m1/s1. The molecule has 0 bridgehead atoms. The third-order valence-corrected chi connectivity index (χ3v) is 11.0. The van der Waals surface area contributed by atoms with Crippen LogP contribution < -0.4 is 9.64 Å². The molecular formula is C35H31F5N4O6S. The van der Waals surface area contributed by atoms with Crippen molar-refractivity contribution < 1.29 is 49.8 Å². The predicted octanol–water partition coefficient (Wildman–Crippen LogP) is 6.49. The molecule has 2 heterocycles. The zero-order valence-corrected chi connectivity index (χ0v) is 27.7. The van der Waals surface area contributed by atoms with E-state index in [0.717, 1.165) is 42.7 Å². The minimum absolute atomic E-state index is 0.0385. The molecule has 1 aromatic heterocycles. The number of anilines is 1. The smallest absolute Gasteiger partial charge is 0.339 e. The lowest BCUT2D eigenvalue weighted by atomic mass is 9.87. The Morgan fingerprint density at radius 3 is 2.12 bits per heavy atom. The van der Waals surface area contributed by atoms with Crippen LogP contribution in [0.1, 0.15) is 71.8 Å². The normalized spacial score (nSPS) is 16.8. The molecule has 1 N–H and O–H groups in total. The van der Waals surface area contributed by atoms with Crippen LogP contribution in [-0.4, -0.2) is 52.3 Å². The molecular weight excluding hydrogens is 699 g/mol. The van der Waals surface area contributed by atoms with Crippen molar-refractivity contribution in [1.29, 1.82) is 0 Å². The number of hydrogen-bond acceptors (Lipinski definition) is 7. The number of aromatic carboxylic acids is 1. The van der Waals surface area contributed by atoms with E-state index in [2.05, 4.69) is 9.97 Å². The summed E-state index contributed by atoms with van der Waals surface area (Å²) in [6, 6.07) is 11.0. The fourth-order valence-corrected chi connectivity index (χ4v) is 7.97. The molecule has 3 aromatic carbocycles. The maximum absolute atomic E-state index is 14.7. The highest BCUT2D eigenvalue weighted by Gasteiger charge is 2.48. The van der Waals surface area contributed by atoms with Crippen molar-refractivity contribution in [1.82, 2.24) is 14.3 Å². The molecule has 2 fully saturated rings. The quantitative estimate of drug-likeness (QED) is 0.105. The third-order valence-electron chi connectivity index (χ3n) is 9.07. The van der Waals surface area contributed by atoms with E-state index in [1.807, 2.05) is 0 Å². The fourth-order valence-electron chi connectivity index (χ4n) is 6.23. The van der Waals surface area contributed by atoms with Crippen molar-refractivity contribution in [3.8, 4) is 5.75 Å². The van der Waals surface area contributed by atoms with Crippen molar-refractivity contribution in [3.63, 3.8) is 0 Å². The van der Waals surface area contributed by atoms with Gasteiger partial charge in [0.05, 0.1) is 24.1 Å². The van der Waals surface area contributed by atoms with Gasteiger partial charge < -0.3 is 14.7 Å². The number of benzene rings is 3. The van der Waals surface area contributed by atoms with Crippen LogP contribution in [0.4, 0.5) is 27.6 Å². The molecule has 1 atom stereocenters. The Morgan fingerprint density at radius 2 is 1.53 bits per heavy atom. The van der Waals surface area contributed by atoms with Crippen LogP contribution in [-0.2, 0) is 28.0 Å². The number of carboxylic acid groups (broad SMARTS) is 1. The maximum atomic E-state index is 14.7. The lowest BCUT2D eigenvalue weighted by molar-refractivity contribution is -0.125. The molecule has 268 valence electrons. The first-order valence-corrected chi connectivity index (χ1v) is 17.5. The van der Waals surface area contributed by atoms with Gasteiger partial charge in [-0.2, -0.15) is 4.31 Å². The molecule has 0 spiro atoms. The van der Waals surface area contributed by atoms with Crippen LogP contribution in [0.5, 0.6) is 5.75 Å². The summed E-state index contributed by atoms with van der Waals surface area (Å²) in [5.74, 6) is -14.7. The van der Waals surface area contributed by atoms with E-state index in [9.17, 15) is 45.1 Å². The summed E-state index contributed by atoms with van der Waals surface area (Å²) in [5.41, 5.74) is 1.57. The Morgan fingerprint density at radius 1 is 0.863 bits per heavy atom. The lowest BCUT2D eigenvalue weighted by Gasteiger charge is -2.41. The molecule has 10 nitrogen and oxygen atoms in total. The van der Waals surface area contributed by atoms with Gasteiger partial charge in [-0.3, -0.25) is 14.8 Å². The second-order valence-electron chi connectivity index (χ2n) is 12.3. The van der Waals surface area contributed by atoms with Crippen LogP contribution in [0.3, 0.4) is 0 Å². The van der Waals surface area contributed by atoms with Crippen LogP contribution in [0, 0.1) is 29.1 Å². The van der Waals surface area contributed by atoms with Gasteiger partial charge in [0.15, 0.2) is 28.2 Å². The molecule has 1 aliphatic heterocycles. The van der Waals surface area contributed by atoms with Gasteiger partial charge in [-0.1, -0.05) is 49.6 Å².